The van der Waals surface area contributed by atoms with E-state index in [2.05, 4.69) is 36.3 Å². The summed E-state index contributed by atoms with van der Waals surface area (Å²) in [7, 11) is 0. The normalized spacial score (nSPS) is 42.7. The molecule has 0 aromatic heterocycles. The van der Waals surface area contributed by atoms with Crippen molar-refractivity contribution in [3.8, 4) is 0 Å². The van der Waals surface area contributed by atoms with Gasteiger partial charge >= 0.3 is 0 Å². The quantitative estimate of drug-likeness (QED) is 0.795. The maximum atomic E-state index is 11.6. The molecular formula is C15H23N3OS. The smallest absolute Gasteiger partial charge is 0.239 e. The highest BCUT2D eigenvalue weighted by Crippen LogP contribution is 2.64. The molecule has 1 heterocycles. The van der Waals surface area contributed by atoms with Crippen LogP contribution in [0.25, 0.3) is 0 Å². The van der Waals surface area contributed by atoms with Crippen LogP contribution in [0.1, 0.15) is 53.4 Å². The first-order valence-corrected chi connectivity index (χ1v) is 8.39. The third kappa shape index (κ3) is 1.85. The lowest BCUT2D eigenvalue weighted by atomic mass is 9.70. The van der Waals surface area contributed by atoms with Gasteiger partial charge in [0.1, 0.15) is 0 Å². The number of nitrogens with zero attached hydrogens (tertiary/aromatic N) is 2. The van der Waals surface area contributed by atoms with E-state index in [1.165, 1.54) is 30.3 Å². The summed E-state index contributed by atoms with van der Waals surface area (Å²) in [6.07, 6.45) is 4.42. The summed E-state index contributed by atoms with van der Waals surface area (Å²) in [6, 6.07) is 0. The van der Waals surface area contributed by atoms with Crippen LogP contribution in [0.4, 0.5) is 0 Å². The van der Waals surface area contributed by atoms with Gasteiger partial charge in [-0.3, -0.25) is 4.79 Å². The van der Waals surface area contributed by atoms with Gasteiger partial charge in [-0.1, -0.05) is 39.5 Å². The third-order valence-corrected chi connectivity index (χ3v) is 7.16. The molecule has 0 aromatic rings. The summed E-state index contributed by atoms with van der Waals surface area (Å²) in [6.45, 7) is 9.07. The third-order valence-electron chi connectivity index (χ3n) is 5.92. The molecule has 1 aliphatic heterocycles. The number of thioether (sulfide) groups is 1. The number of rotatable bonds is 2. The topological polar surface area (TPSA) is 53.8 Å². The van der Waals surface area contributed by atoms with Crippen LogP contribution in [0.15, 0.2) is 10.2 Å². The van der Waals surface area contributed by atoms with Gasteiger partial charge in [0.05, 0.1) is 5.25 Å². The van der Waals surface area contributed by atoms with Crippen LogP contribution < -0.4 is 5.32 Å². The summed E-state index contributed by atoms with van der Waals surface area (Å²) >= 11 is 1.50. The molecule has 1 amide bonds. The van der Waals surface area contributed by atoms with Crippen LogP contribution in [0.5, 0.6) is 0 Å². The fraction of sp³-hybridized carbons (Fsp3) is 0.800. The number of carbonyl (C=O) groups excluding carboxylic acids is 1. The van der Waals surface area contributed by atoms with Crippen molar-refractivity contribution in [2.45, 2.75) is 58.6 Å². The van der Waals surface area contributed by atoms with Crippen LogP contribution in [0.2, 0.25) is 0 Å². The van der Waals surface area contributed by atoms with Crippen LogP contribution in [-0.4, -0.2) is 22.0 Å². The molecule has 0 radical (unpaired) electrons. The van der Waals surface area contributed by atoms with Crippen molar-refractivity contribution in [3.63, 3.8) is 0 Å². The van der Waals surface area contributed by atoms with E-state index in [0.717, 1.165) is 18.8 Å². The van der Waals surface area contributed by atoms with Gasteiger partial charge in [-0.05, 0) is 37.0 Å². The Labute approximate surface area is 124 Å². The molecule has 3 fully saturated rings. The highest BCUT2D eigenvalue weighted by Gasteiger charge is 2.60. The van der Waals surface area contributed by atoms with Crippen molar-refractivity contribution in [1.82, 2.24) is 5.32 Å². The zero-order valence-electron chi connectivity index (χ0n) is 12.7. The Kier molecular flexibility index (Phi) is 3.23. The average molecular weight is 293 g/mol. The SMILES string of the molecule is CCC1SC(=NN=C2CC3CCC2(C)C3(C)C)NC1=O. The van der Waals surface area contributed by atoms with Gasteiger partial charge in [-0.15, -0.1) is 5.10 Å². The second-order valence-corrected chi connectivity index (χ2v) is 8.14. The molecule has 3 aliphatic rings. The minimum Gasteiger partial charge on any atom is -0.303 e. The Balaban J connectivity index is 1.80. The fourth-order valence-corrected chi connectivity index (χ4v) is 4.76. The summed E-state index contributed by atoms with van der Waals surface area (Å²) < 4.78 is 0. The lowest BCUT2D eigenvalue weighted by Crippen LogP contribution is -2.32. The molecule has 2 saturated carbocycles. The highest BCUT2D eigenvalue weighted by atomic mass is 32.2. The van der Waals surface area contributed by atoms with Crippen molar-refractivity contribution in [2.75, 3.05) is 0 Å². The van der Waals surface area contributed by atoms with E-state index < -0.39 is 0 Å². The molecule has 1 saturated heterocycles. The summed E-state index contributed by atoms with van der Waals surface area (Å²) in [5.74, 6) is 0.802. The Morgan fingerprint density at radius 2 is 2.10 bits per heavy atom. The number of carbonyl (C=O) groups is 1. The van der Waals surface area contributed by atoms with E-state index in [0.29, 0.717) is 10.6 Å². The van der Waals surface area contributed by atoms with Gasteiger partial charge in [0.15, 0.2) is 5.17 Å². The highest BCUT2D eigenvalue weighted by molar-refractivity contribution is 8.15. The molecule has 2 aliphatic carbocycles. The first-order chi connectivity index (χ1) is 9.38. The summed E-state index contributed by atoms with van der Waals surface area (Å²) in [5, 5.41) is 12.3. The molecule has 3 atom stereocenters. The second kappa shape index (κ2) is 4.58. The molecule has 3 rings (SSSR count). The van der Waals surface area contributed by atoms with Crippen molar-refractivity contribution < 1.29 is 4.79 Å². The number of amidine groups is 1. The van der Waals surface area contributed by atoms with Crippen molar-refractivity contribution >= 4 is 28.5 Å². The van der Waals surface area contributed by atoms with E-state index in [4.69, 9.17) is 0 Å². The zero-order chi connectivity index (χ0) is 14.5. The molecule has 1 N–H and O–H groups in total. The van der Waals surface area contributed by atoms with Gasteiger partial charge < -0.3 is 5.32 Å². The second-order valence-electron chi connectivity index (χ2n) is 6.95. The van der Waals surface area contributed by atoms with Crippen LogP contribution >= 0.6 is 11.8 Å². The van der Waals surface area contributed by atoms with E-state index in [9.17, 15) is 4.79 Å². The minimum atomic E-state index is 0.000932. The number of hydrogen-bond donors (Lipinski definition) is 1. The van der Waals surface area contributed by atoms with E-state index in [-0.39, 0.29) is 16.6 Å². The Morgan fingerprint density at radius 3 is 2.60 bits per heavy atom. The van der Waals surface area contributed by atoms with Crippen molar-refractivity contribution in [1.29, 1.82) is 0 Å². The molecule has 20 heavy (non-hydrogen) atoms. The predicted molar refractivity (Wildman–Crippen MR) is 83.9 cm³/mol. The Bertz CT molecular complexity index is 511. The van der Waals surface area contributed by atoms with Gasteiger partial charge in [0.25, 0.3) is 0 Å². The van der Waals surface area contributed by atoms with E-state index in [1.54, 1.807) is 0 Å². The molecular weight excluding hydrogens is 270 g/mol. The molecule has 5 heteroatoms. The lowest BCUT2D eigenvalue weighted by molar-refractivity contribution is -0.118. The maximum absolute atomic E-state index is 11.6. The molecule has 110 valence electrons. The molecule has 3 unspecified atom stereocenters. The number of hydrogen-bond acceptors (Lipinski definition) is 4. The van der Waals surface area contributed by atoms with Gasteiger partial charge in [-0.25, -0.2) is 0 Å². The minimum absolute atomic E-state index is 0.000932. The number of nitrogens with one attached hydrogen (secondary N) is 1. The Morgan fingerprint density at radius 1 is 1.35 bits per heavy atom. The van der Waals surface area contributed by atoms with Gasteiger partial charge in [0, 0.05) is 11.1 Å². The average Bonchev–Trinajstić information content (AvgIpc) is 2.93. The Hall–Kier alpha value is -0.840. The molecule has 4 nitrogen and oxygen atoms in total. The molecule has 0 aromatic carbocycles. The lowest BCUT2D eigenvalue weighted by Gasteiger charge is -2.34. The standard InChI is InChI=1S/C15H23N3OS/c1-5-10-12(19)16-13(20-10)18-17-11-8-9-6-7-15(11,4)14(9,2)3/h9-10H,5-8H2,1-4H3,(H,16,18,19). The van der Waals surface area contributed by atoms with Crippen molar-refractivity contribution in [2.24, 2.45) is 27.0 Å². The van der Waals surface area contributed by atoms with Crippen molar-refractivity contribution in [3.05, 3.63) is 0 Å². The van der Waals surface area contributed by atoms with Crippen LogP contribution in [0.3, 0.4) is 0 Å². The number of fused-ring (bicyclic) bond motifs is 2. The summed E-state index contributed by atoms with van der Waals surface area (Å²) in [5.41, 5.74) is 1.73. The molecule has 0 spiro atoms. The van der Waals surface area contributed by atoms with E-state index in [1.807, 2.05) is 6.92 Å². The van der Waals surface area contributed by atoms with Gasteiger partial charge in [-0.2, -0.15) is 5.10 Å². The first kappa shape index (κ1) is 14.1. The summed E-state index contributed by atoms with van der Waals surface area (Å²) in [4.78, 5) is 11.6. The monoisotopic (exact) mass is 293 g/mol. The zero-order valence-corrected chi connectivity index (χ0v) is 13.5. The first-order valence-electron chi connectivity index (χ1n) is 7.51. The fourth-order valence-electron chi connectivity index (χ4n) is 3.91. The predicted octanol–water partition coefficient (Wildman–Crippen LogP) is 3.19. The van der Waals surface area contributed by atoms with Gasteiger partial charge in [0.2, 0.25) is 5.91 Å². The van der Waals surface area contributed by atoms with Crippen LogP contribution in [0, 0.1) is 16.7 Å². The molecule has 2 bridgehead atoms. The number of amides is 1. The van der Waals surface area contributed by atoms with E-state index >= 15 is 0 Å². The largest absolute Gasteiger partial charge is 0.303 e. The van der Waals surface area contributed by atoms with Crippen LogP contribution in [-0.2, 0) is 4.79 Å². The maximum Gasteiger partial charge on any atom is 0.239 e.